The monoisotopic (exact) mass is 219 g/mol. The van der Waals surface area contributed by atoms with Crippen molar-refractivity contribution in [3.05, 3.63) is 29.8 Å². The molecule has 2 rings (SSSR count). The van der Waals surface area contributed by atoms with Crippen molar-refractivity contribution >= 4 is 5.69 Å². The number of anilines is 1. The fraction of sp³-hybridized carbons (Fsp3) is 0.538. The van der Waals surface area contributed by atoms with E-state index in [1.807, 2.05) is 12.1 Å². The number of nitrogens with one attached hydrogen (secondary N) is 1. The van der Waals surface area contributed by atoms with E-state index in [1.165, 1.54) is 5.56 Å². The molecule has 0 amide bonds. The number of nitrogens with zero attached hydrogens (tertiary/aromatic N) is 1. The van der Waals surface area contributed by atoms with Gasteiger partial charge in [-0.3, -0.25) is 4.90 Å². The molecule has 88 valence electrons. The zero-order valence-electron chi connectivity index (χ0n) is 10.1. The van der Waals surface area contributed by atoms with Gasteiger partial charge in [-0.2, -0.15) is 0 Å². The Morgan fingerprint density at radius 3 is 2.69 bits per heavy atom. The van der Waals surface area contributed by atoms with E-state index < -0.39 is 0 Å². The minimum Gasteiger partial charge on any atom is -0.399 e. The first-order chi connectivity index (χ1) is 7.65. The lowest BCUT2D eigenvalue weighted by atomic mass is 10.1. The zero-order chi connectivity index (χ0) is 11.5. The smallest absolute Gasteiger partial charge is 0.0314 e. The lowest BCUT2D eigenvalue weighted by Gasteiger charge is -2.37. The Kier molecular flexibility index (Phi) is 3.46. The lowest BCUT2D eigenvalue weighted by molar-refractivity contribution is 0.139. The van der Waals surface area contributed by atoms with Crippen LogP contribution in [0, 0.1) is 0 Å². The van der Waals surface area contributed by atoms with Gasteiger partial charge in [-0.1, -0.05) is 12.1 Å². The van der Waals surface area contributed by atoms with E-state index >= 15 is 0 Å². The Balaban J connectivity index is 2.00. The predicted octanol–water partition coefficient (Wildman–Crippen LogP) is 1.45. The van der Waals surface area contributed by atoms with Crippen LogP contribution in [0.3, 0.4) is 0 Å². The Morgan fingerprint density at radius 1 is 1.31 bits per heavy atom. The van der Waals surface area contributed by atoms with Crippen LogP contribution in [-0.2, 0) is 6.54 Å². The molecule has 1 saturated heterocycles. The Bertz CT molecular complexity index is 334. The molecule has 1 aromatic carbocycles. The fourth-order valence-electron chi connectivity index (χ4n) is 2.18. The molecule has 3 N–H and O–H groups in total. The van der Waals surface area contributed by atoms with Crippen LogP contribution < -0.4 is 11.1 Å². The molecule has 0 spiro atoms. The summed E-state index contributed by atoms with van der Waals surface area (Å²) < 4.78 is 0. The molecule has 1 fully saturated rings. The van der Waals surface area contributed by atoms with Gasteiger partial charge < -0.3 is 11.1 Å². The molecule has 1 aromatic rings. The van der Waals surface area contributed by atoms with Crippen LogP contribution >= 0.6 is 0 Å². The van der Waals surface area contributed by atoms with Crippen LogP contribution in [0.2, 0.25) is 0 Å². The third kappa shape index (κ3) is 2.74. The summed E-state index contributed by atoms with van der Waals surface area (Å²) in [6.07, 6.45) is 0. The Morgan fingerprint density at radius 2 is 2.00 bits per heavy atom. The number of piperazine rings is 1. The predicted molar refractivity (Wildman–Crippen MR) is 68.2 cm³/mol. The first-order valence-corrected chi connectivity index (χ1v) is 5.97. The van der Waals surface area contributed by atoms with E-state index in [-0.39, 0.29) is 0 Å². The normalized spacial score (nSPS) is 26.9. The fourth-order valence-corrected chi connectivity index (χ4v) is 2.18. The third-order valence-corrected chi connectivity index (χ3v) is 3.26. The molecule has 16 heavy (non-hydrogen) atoms. The van der Waals surface area contributed by atoms with Crippen LogP contribution in [0.4, 0.5) is 5.69 Å². The third-order valence-electron chi connectivity index (χ3n) is 3.26. The van der Waals surface area contributed by atoms with Crippen molar-refractivity contribution in [2.24, 2.45) is 0 Å². The number of benzene rings is 1. The molecule has 3 heteroatoms. The van der Waals surface area contributed by atoms with E-state index in [1.54, 1.807) is 0 Å². The van der Waals surface area contributed by atoms with E-state index in [0.717, 1.165) is 25.3 Å². The van der Waals surface area contributed by atoms with Gasteiger partial charge in [0, 0.05) is 37.4 Å². The molecule has 2 atom stereocenters. The van der Waals surface area contributed by atoms with Crippen LogP contribution in [0.15, 0.2) is 24.3 Å². The minimum atomic E-state index is 0.588. The Labute approximate surface area is 97.6 Å². The second-order valence-corrected chi connectivity index (χ2v) is 4.83. The first-order valence-electron chi connectivity index (χ1n) is 5.97. The van der Waals surface area contributed by atoms with E-state index in [0.29, 0.717) is 12.1 Å². The van der Waals surface area contributed by atoms with Gasteiger partial charge in [-0.15, -0.1) is 0 Å². The summed E-state index contributed by atoms with van der Waals surface area (Å²) in [6, 6.07) is 9.39. The molecule has 1 aliphatic heterocycles. The highest BCUT2D eigenvalue weighted by atomic mass is 15.2. The van der Waals surface area contributed by atoms with Gasteiger partial charge in [-0.25, -0.2) is 0 Å². The highest BCUT2D eigenvalue weighted by molar-refractivity contribution is 5.39. The van der Waals surface area contributed by atoms with Crippen LogP contribution in [0.1, 0.15) is 19.4 Å². The number of hydrogen-bond donors (Lipinski definition) is 2. The van der Waals surface area contributed by atoms with Gasteiger partial charge in [0.1, 0.15) is 0 Å². The van der Waals surface area contributed by atoms with Gasteiger partial charge in [-0.05, 0) is 31.5 Å². The van der Waals surface area contributed by atoms with E-state index in [4.69, 9.17) is 5.73 Å². The van der Waals surface area contributed by atoms with Crippen molar-refractivity contribution in [1.82, 2.24) is 10.2 Å². The molecule has 0 saturated carbocycles. The quantitative estimate of drug-likeness (QED) is 0.740. The van der Waals surface area contributed by atoms with Gasteiger partial charge in [0.15, 0.2) is 0 Å². The molecular weight excluding hydrogens is 198 g/mol. The Hall–Kier alpha value is -1.06. The molecule has 0 radical (unpaired) electrons. The number of nitrogens with two attached hydrogens (primary N) is 1. The van der Waals surface area contributed by atoms with Crippen molar-refractivity contribution in [3.8, 4) is 0 Å². The highest BCUT2D eigenvalue weighted by Crippen LogP contribution is 2.13. The molecule has 0 aromatic heterocycles. The molecule has 1 unspecified atom stereocenters. The SMILES string of the molecule is CC1CN[C@H](C)CN1Cc1ccc(N)cc1. The molecule has 0 aliphatic carbocycles. The summed E-state index contributed by atoms with van der Waals surface area (Å²) in [5.41, 5.74) is 7.87. The van der Waals surface area contributed by atoms with Crippen LogP contribution in [-0.4, -0.2) is 30.1 Å². The molecule has 0 bridgehead atoms. The van der Waals surface area contributed by atoms with Crippen molar-refractivity contribution in [2.75, 3.05) is 18.8 Å². The second kappa shape index (κ2) is 4.85. The summed E-state index contributed by atoms with van der Waals surface area (Å²) in [4.78, 5) is 2.52. The number of hydrogen-bond acceptors (Lipinski definition) is 3. The lowest BCUT2D eigenvalue weighted by Crippen LogP contribution is -2.53. The molecule has 1 aliphatic rings. The van der Waals surface area contributed by atoms with Crippen molar-refractivity contribution in [2.45, 2.75) is 32.5 Å². The maximum atomic E-state index is 5.69. The maximum absolute atomic E-state index is 5.69. The van der Waals surface area contributed by atoms with Gasteiger partial charge in [0.25, 0.3) is 0 Å². The maximum Gasteiger partial charge on any atom is 0.0314 e. The standard InChI is InChI=1S/C13H21N3/c1-10-8-16(11(2)7-15-10)9-12-3-5-13(14)6-4-12/h3-6,10-11,15H,7-9,14H2,1-2H3/t10-,11?/m1/s1. The van der Waals surface area contributed by atoms with Crippen molar-refractivity contribution in [3.63, 3.8) is 0 Å². The summed E-state index contributed by atoms with van der Waals surface area (Å²) in [6.45, 7) is 7.73. The molecule has 3 nitrogen and oxygen atoms in total. The average molecular weight is 219 g/mol. The van der Waals surface area contributed by atoms with E-state index in [9.17, 15) is 0 Å². The first kappa shape index (κ1) is 11.4. The highest BCUT2D eigenvalue weighted by Gasteiger charge is 2.21. The summed E-state index contributed by atoms with van der Waals surface area (Å²) >= 11 is 0. The zero-order valence-corrected chi connectivity index (χ0v) is 10.1. The summed E-state index contributed by atoms with van der Waals surface area (Å²) in [7, 11) is 0. The largest absolute Gasteiger partial charge is 0.399 e. The minimum absolute atomic E-state index is 0.588. The number of nitrogen functional groups attached to an aromatic ring is 1. The van der Waals surface area contributed by atoms with Gasteiger partial charge in [0.2, 0.25) is 0 Å². The van der Waals surface area contributed by atoms with Crippen molar-refractivity contribution < 1.29 is 0 Å². The summed E-state index contributed by atoms with van der Waals surface area (Å²) in [5, 5.41) is 3.49. The summed E-state index contributed by atoms with van der Waals surface area (Å²) in [5.74, 6) is 0. The second-order valence-electron chi connectivity index (χ2n) is 4.83. The molecular formula is C13H21N3. The van der Waals surface area contributed by atoms with Crippen LogP contribution in [0.25, 0.3) is 0 Å². The van der Waals surface area contributed by atoms with Crippen molar-refractivity contribution in [1.29, 1.82) is 0 Å². The van der Waals surface area contributed by atoms with Gasteiger partial charge >= 0.3 is 0 Å². The topological polar surface area (TPSA) is 41.3 Å². The van der Waals surface area contributed by atoms with Crippen LogP contribution in [0.5, 0.6) is 0 Å². The average Bonchev–Trinajstić information content (AvgIpc) is 2.27. The molecule has 1 heterocycles. The number of rotatable bonds is 2. The van der Waals surface area contributed by atoms with Gasteiger partial charge in [0.05, 0.1) is 0 Å². The van der Waals surface area contributed by atoms with E-state index in [2.05, 4.69) is 36.2 Å².